The number of halogens is 1. The molecule has 0 unspecified atom stereocenters. The molecule has 0 aliphatic rings. The van der Waals surface area contributed by atoms with Crippen LogP contribution in [-0.4, -0.2) is 20.1 Å². The molecule has 0 saturated heterocycles. The maximum Gasteiger partial charge on any atom is 0.154 e. The van der Waals surface area contributed by atoms with E-state index in [-0.39, 0.29) is 11.5 Å². The van der Waals surface area contributed by atoms with Crippen LogP contribution in [0.15, 0.2) is 24.3 Å². The molecule has 0 amide bonds. The predicted molar refractivity (Wildman–Crippen MR) is 77.9 cm³/mol. The van der Waals surface area contributed by atoms with E-state index in [4.69, 9.17) is 11.6 Å². The van der Waals surface area contributed by atoms with E-state index in [1.54, 1.807) is 0 Å². The minimum atomic E-state index is -2.98. The smallest absolute Gasteiger partial charge is 0.154 e. The maximum atomic E-state index is 12.0. The molecule has 102 valence electrons. The number of sulfone groups is 1. The molecular weight excluding hydrogens is 268 g/mol. The van der Waals surface area contributed by atoms with E-state index in [0.29, 0.717) is 5.88 Å². The van der Waals surface area contributed by atoms with E-state index >= 15 is 0 Å². The van der Waals surface area contributed by atoms with Crippen LogP contribution in [0.1, 0.15) is 36.8 Å². The van der Waals surface area contributed by atoms with Gasteiger partial charge in [-0.25, -0.2) is 8.42 Å². The third kappa shape index (κ3) is 5.87. The number of hydrogen-bond acceptors (Lipinski definition) is 2. The van der Waals surface area contributed by atoms with Crippen molar-refractivity contribution in [2.24, 2.45) is 0 Å². The second-order valence-electron chi connectivity index (χ2n) is 4.62. The fraction of sp³-hybridized carbons (Fsp3) is 0.571. The lowest BCUT2D eigenvalue weighted by atomic mass is 10.1. The van der Waals surface area contributed by atoms with E-state index < -0.39 is 9.84 Å². The molecule has 4 heteroatoms. The molecule has 1 aromatic carbocycles. The van der Waals surface area contributed by atoms with Crippen LogP contribution in [0.3, 0.4) is 0 Å². The molecule has 0 atom stereocenters. The first-order valence-corrected chi connectivity index (χ1v) is 8.71. The highest BCUT2D eigenvalue weighted by Gasteiger charge is 2.12. The standard InChI is InChI=1S/C14H21ClO2S/c1-13-8-4-5-9-14(13)12-18(16,17)11-7-3-2-6-10-15/h4-5,8-9H,2-3,6-7,10-12H2,1H3. The number of rotatable bonds is 8. The lowest BCUT2D eigenvalue weighted by Crippen LogP contribution is -2.10. The Morgan fingerprint density at radius 1 is 1.06 bits per heavy atom. The Kier molecular flexibility index (Phi) is 6.72. The second-order valence-corrected chi connectivity index (χ2v) is 7.18. The van der Waals surface area contributed by atoms with Gasteiger partial charge in [0.1, 0.15) is 0 Å². The predicted octanol–water partition coefficient (Wildman–Crippen LogP) is 3.71. The summed E-state index contributed by atoms with van der Waals surface area (Å²) in [6.07, 6.45) is 3.67. The average Bonchev–Trinajstić information content (AvgIpc) is 2.31. The first kappa shape index (κ1) is 15.5. The fourth-order valence-corrected chi connectivity index (χ4v) is 3.63. The molecule has 0 aromatic heterocycles. The monoisotopic (exact) mass is 288 g/mol. The zero-order valence-corrected chi connectivity index (χ0v) is 12.4. The fourth-order valence-electron chi connectivity index (χ4n) is 1.85. The molecule has 1 aromatic rings. The third-order valence-corrected chi connectivity index (χ3v) is 4.90. The number of unbranched alkanes of at least 4 members (excludes halogenated alkanes) is 3. The Morgan fingerprint density at radius 3 is 2.39 bits per heavy atom. The van der Waals surface area contributed by atoms with Gasteiger partial charge in [-0.15, -0.1) is 11.6 Å². The molecule has 0 aliphatic carbocycles. The maximum absolute atomic E-state index is 12.0. The highest BCUT2D eigenvalue weighted by atomic mass is 35.5. The van der Waals surface area contributed by atoms with Gasteiger partial charge in [-0.1, -0.05) is 37.1 Å². The van der Waals surface area contributed by atoms with Crippen molar-refractivity contribution in [2.75, 3.05) is 11.6 Å². The molecule has 0 fully saturated rings. The van der Waals surface area contributed by atoms with Crippen molar-refractivity contribution in [3.05, 3.63) is 35.4 Å². The van der Waals surface area contributed by atoms with Gasteiger partial charge in [-0.05, 0) is 30.9 Å². The molecule has 0 saturated carbocycles. The van der Waals surface area contributed by atoms with Crippen molar-refractivity contribution < 1.29 is 8.42 Å². The van der Waals surface area contributed by atoms with Crippen molar-refractivity contribution in [1.29, 1.82) is 0 Å². The van der Waals surface area contributed by atoms with Gasteiger partial charge in [-0.3, -0.25) is 0 Å². The van der Waals surface area contributed by atoms with Crippen molar-refractivity contribution >= 4 is 21.4 Å². The van der Waals surface area contributed by atoms with Crippen molar-refractivity contribution in [1.82, 2.24) is 0 Å². The van der Waals surface area contributed by atoms with Gasteiger partial charge in [0.25, 0.3) is 0 Å². The average molecular weight is 289 g/mol. The third-order valence-electron chi connectivity index (χ3n) is 2.98. The number of benzene rings is 1. The lowest BCUT2D eigenvalue weighted by Gasteiger charge is -2.07. The summed E-state index contributed by atoms with van der Waals surface area (Å²) in [7, 11) is -2.98. The van der Waals surface area contributed by atoms with E-state index in [9.17, 15) is 8.42 Å². The van der Waals surface area contributed by atoms with E-state index in [2.05, 4.69) is 0 Å². The van der Waals surface area contributed by atoms with Gasteiger partial charge >= 0.3 is 0 Å². The van der Waals surface area contributed by atoms with Crippen molar-refractivity contribution in [3.8, 4) is 0 Å². The van der Waals surface area contributed by atoms with E-state index in [1.165, 1.54) is 0 Å². The molecule has 0 heterocycles. The highest BCUT2D eigenvalue weighted by Crippen LogP contribution is 2.13. The number of alkyl halides is 1. The second kappa shape index (κ2) is 7.80. The van der Waals surface area contributed by atoms with Gasteiger partial charge in [0.05, 0.1) is 11.5 Å². The van der Waals surface area contributed by atoms with Crippen LogP contribution < -0.4 is 0 Å². The van der Waals surface area contributed by atoms with Crippen LogP contribution in [-0.2, 0) is 15.6 Å². The molecule has 1 rings (SSSR count). The molecule has 0 bridgehead atoms. The number of aryl methyl sites for hydroxylation is 1. The summed E-state index contributed by atoms with van der Waals surface area (Å²) in [5, 5.41) is 0. The lowest BCUT2D eigenvalue weighted by molar-refractivity contribution is 0.588. The molecular formula is C14H21ClO2S. The Morgan fingerprint density at radius 2 is 1.72 bits per heavy atom. The Bertz CT molecular complexity index is 455. The Labute approximate surface area is 115 Å². The Balaban J connectivity index is 2.43. The first-order valence-electron chi connectivity index (χ1n) is 6.36. The van der Waals surface area contributed by atoms with Crippen LogP contribution >= 0.6 is 11.6 Å². The zero-order valence-electron chi connectivity index (χ0n) is 10.9. The van der Waals surface area contributed by atoms with Gasteiger partial charge in [-0.2, -0.15) is 0 Å². The molecule has 2 nitrogen and oxygen atoms in total. The van der Waals surface area contributed by atoms with Gasteiger partial charge < -0.3 is 0 Å². The van der Waals surface area contributed by atoms with Crippen molar-refractivity contribution in [3.63, 3.8) is 0 Å². The van der Waals surface area contributed by atoms with Crippen LogP contribution in [0.5, 0.6) is 0 Å². The summed E-state index contributed by atoms with van der Waals surface area (Å²) in [6.45, 7) is 1.95. The summed E-state index contributed by atoms with van der Waals surface area (Å²) in [4.78, 5) is 0. The Hall–Kier alpha value is -0.540. The summed E-state index contributed by atoms with van der Waals surface area (Å²) >= 11 is 5.58. The number of hydrogen-bond donors (Lipinski definition) is 0. The minimum Gasteiger partial charge on any atom is -0.228 e. The minimum absolute atomic E-state index is 0.162. The van der Waals surface area contributed by atoms with Crippen LogP contribution in [0.25, 0.3) is 0 Å². The normalized spacial score (nSPS) is 11.7. The molecule has 0 spiro atoms. The first-order chi connectivity index (χ1) is 8.55. The van der Waals surface area contributed by atoms with Gasteiger partial charge in [0.2, 0.25) is 0 Å². The topological polar surface area (TPSA) is 34.1 Å². The summed E-state index contributed by atoms with van der Waals surface area (Å²) in [5.74, 6) is 1.11. The van der Waals surface area contributed by atoms with E-state index in [1.807, 2.05) is 31.2 Å². The molecule has 0 radical (unpaired) electrons. The van der Waals surface area contributed by atoms with Gasteiger partial charge in [0, 0.05) is 5.88 Å². The largest absolute Gasteiger partial charge is 0.228 e. The zero-order chi connectivity index (χ0) is 13.4. The van der Waals surface area contributed by atoms with Crippen LogP contribution in [0.4, 0.5) is 0 Å². The van der Waals surface area contributed by atoms with Crippen molar-refractivity contribution in [2.45, 2.75) is 38.4 Å². The highest BCUT2D eigenvalue weighted by molar-refractivity contribution is 7.90. The van der Waals surface area contributed by atoms with E-state index in [0.717, 1.165) is 36.8 Å². The molecule has 0 N–H and O–H groups in total. The molecule has 0 aliphatic heterocycles. The SMILES string of the molecule is Cc1ccccc1CS(=O)(=O)CCCCCCCl. The van der Waals surface area contributed by atoms with Gasteiger partial charge in [0.15, 0.2) is 9.84 Å². The van der Waals surface area contributed by atoms with Crippen LogP contribution in [0.2, 0.25) is 0 Å². The summed E-state index contributed by atoms with van der Waals surface area (Å²) in [5.41, 5.74) is 1.96. The molecule has 18 heavy (non-hydrogen) atoms. The quantitative estimate of drug-likeness (QED) is 0.540. The summed E-state index contributed by atoms with van der Waals surface area (Å²) in [6, 6.07) is 7.65. The summed E-state index contributed by atoms with van der Waals surface area (Å²) < 4.78 is 23.9. The van der Waals surface area contributed by atoms with Crippen LogP contribution in [0, 0.1) is 6.92 Å².